The molecule has 0 radical (unpaired) electrons. The summed E-state index contributed by atoms with van der Waals surface area (Å²) in [7, 11) is -3.78. The van der Waals surface area contributed by atoms with Gasteiger partial charge in [0.2, 0.25) is 15.8 Å². The predicted molar refractivity (Wildman–Crippen MR) is 97.5 cm³/mol. The van der Waals surface area contributed by atoms with E-state index in [4.69, 9.17) is 16.3 Å². The maximum atomic E-state index is 12.9. The lowest BCUT2D eigenvalue weighted by atomic mass is 10.1. The molecule has 0 aliphatic rings. The molecule has 2 aromatic carbocycles. The summed E-state index contributed by atoms with van der Waals surface area (Å²) < 4.78 is 44.3. The molecular formula is C18H17ClFNO5S. The van der Waals surface area contributed by atoms with Crippen LogP contribution in [0.4, 0.5) is 4.39 Å². The van der Waals surface area contributed by atoms with Crippen LogP contribution in [0.1, 0.15) is 23.7 Å². The summed E-state index contributed by atoms with van der Waals surface area (Å²) in [5.74, 6) is -1.70. The summed E-state index contributed by atoms with van der Waals surface area (Å²) in [6, 6.07) is 10.4. The van der Waals surface area contributed by atoms with Crippen molar-refractivity contribution in [2.75, 3.05) is 6.54 Å². The second-order valence-corrected chi connectivity index (χ2v) is 7.81. The fourth-order valence-electron chi connectivity index (χ4n) is 2.14. The Morgan fingerprint density at radius 1 is 1.11 bits per heavy atom. The minimum atomic E-state index is -3.78. The van der Waals surface area contributed by atoms with Crippen molar-refractivity contribution in [2.45, 2.75) is 24.3 Å². The Morgan fingerprint density at radius 2 is 1.70 bits per heavy atom. The third kappa shape index (κ3) is 6.13. The van der Waals surface area contributed by atoms with Crippen LogP contribution in [-0.2, 0) is 19.6 Å². The number of sulfonamides is 1. The van der Waals surface area contributed by atoms with E-state index in [-0.39, 0.29) is 23.4 Å². The molecule has 0 amide bonds. The molecule has 0 saturated carbocycles. The van der Waals surface area contributed by atoms with Crippen LogP contribution in [-0.4, -0.2) is 32.8 Å². The van der Waals surface area contributed by atoms with E-state index >= 15 is 0 Å². The first kappa shape index (κ1) is 21.0. The van der Waals surface area contributed by atoms with Gasteiger partial charge < -0.3 is 4.74 Å². The van der Waals surface area contributed by atoms with Gasteiger partial charge in [0.25, 0.3) is 0 Å². The number of carbonyl (C=O) groups is 2. The molecular weight excluding hydrogens is 397 g/mol. The number of esters is 1. The van der Waals surface area contributed by atoms with Gasteiger partial charge in [-0.1, -0.05) is 11.6 Å². The van der Waals surface area contributed by atoms with Crippen LogP contribution in [0.25, 0.3) is 0 Å². The van der Waals surface area contributed by atoms with Crippen LogP contribution in [0.3, 0.4) is 0 Å². The van der Waals surface area contributed by atoms with Gasteiger partial charge in [0.1, 0.15) is 5.82 Å². The Morgan fingerprint density at radius 3 is 2.30 bits per heavy atom. The van der Waals surface area contributed by atoms with Crippen molar-refractivity contribution in [2.24, 2.45) is 0 Å². The molecule has 0 bridgehead atoms. The average Bonchev–Trinajstić information content (AvgIpc) is 2.62. The molecule has 1 N–H and O–H groups in total. The highest BCUT2D eigenvalue weighted by molar-refractivity contribution is 7.89. The molecule has 0 unspecified atom stereocenters. The van der Waals surface area contributed by atoms with Gasteiger partial charge >= 0.3 is 5.97 Å². The maximum Gasteiger partial charge on any atom is 0.307 e. The lowest BCUT2D eigenvalue weighted by Gasteiger charge is -2.13. The van der Waals surface area contributed by atoms with Gasteiger partial charge in [-0.25, -0.2) is 17.5 Å². The van der Waals surface area contributed by atoms with Crippen molar-refractivity contribution in [3.63, 3.8) is 0 Å². The SMILES string of the molecule is C[C@@H](OC(=O)CCNS(=O)(=O)c1ccc(Cl)cc1)C(=O)c1ccc(F)cc1. The average molecular weight is 414 g/mol. The van der Waals surface area contributed by atoms with Crippen molar-refractivity contribution in [3.05, 3.63) is 64.9 Å². The number of hydrogen-bond donors (Lipinski definition) is 1. The fourth-order valence-corrected chi connectivity index (χ4v) is 3.30. The van der Waals surface area contributed by atoms with Gasteiger partial charge in [0, 0.05) is 17.1 Å². The van der Waals surface area contributed by atoms with Crippen LogP contribution in [0.5, 0.6) is 0 Å². The Bertz CT molecular complexity index is 914. The third-order valence-corrected chi connectivity index (χ3v) is 5.28. The fraction of sp³-hybridized carbons (Fsp3) is 0.222. The number of nitrogens with one attached hydrogen (secondary N) is 1. The van der Waals surface area contributed by atoms with E-state index in [0.29, 0.717) is 5.02 Å². The number of ether oxygens (including phenoxy) is 1. The maximum absolute atomic E-state index is 12.9. The summed E-state index contributed by atoms with van der Waals surface area (Å²) in [6.45, 7) is 1.20. The number of benzene rings is 2. The Balaban J connectivity index is 1.84. The molecule has 6 nitrogen and oxygen atoms in total. The molecule has 2 rings (SSSR count). The topological polar surface area (TPSA) is 89.5 Å². The van der Waals surface area contributed by atoms with Crippen LogP contribution >= 0.6 is 11.6 Å². The molecule has 0 spiro atoms. The largest absolute Gasteiger partial charge is 0.454 e. The second kappa shape index (κ2) is 9.07. The van der Waals surface area contributed by atoms with E-state index in [2.05, 4.69) is 4.72 Å². The number of Topliss-reactive ketones (excluding diaryl/α,β-unsaturated/α-hetero) is 1. The molecule has 0 heterocycles. The monoisotopic (exact) mass is 413 g/mol. The van der Waals surface area contributed by atoms with Gasteiger partial charge in [-0.15, -0.1) is 0 Å². The highest BCUT2D eigenvalue weighted by Gasteiger charge is 2.20. The van der Waals surface area contributed by atoms with E-state index < -0.39 is 33.7 Å². The van der Waals surface area contributed by atoms with Crippen LogP contribution in [0.15, 0.2) is 53.4 Å². The molecule has 27 heavy (non-hydrogen) atoms. The van der Waals surface area contributed by atoms with E-state index in [1.54, 1.807) is 0 Å². The van der Waals surface area contributed by atoms with Gasteiger partial charge in [-0.3, -0.25) is 9.59 Å². The van der Waals surface area contributed by atoms with Crippen molar-refractivity contribution >= 4 is 33.4 Å². The summed E-state index contributed by atoms with van der Waals surface area (Å²) in [6.07, 6.45) is -1.33. The zero-order chi connectivity index (χ0) is 20.0. The van der Waals surface area contributed by atoms with Crippen molar-refractivity contribution < 1.29 is 27.1 Å². The molecule has 0 aromatic heterocycles. The first-order valence-electron chi connectivity index (χ1n) is 7.93. The van der Waals surface area contributed by atoms with Crippen LogP contribution in [0, 0.1) is 5.82 Å². The molecule has 0 fully saturated rings. The molecule has 0 saturated heterocycles. The highest BCUT2D eigenvalue weighted by Crippen LogP contribution is 2.14. The number of ketones is 1. The summed E-state index contributed by atoms with van der Waals surface area (Å²) in [5, 5.41) is 0.400. The number of carbonyl (C=O) groups excluding carboxylic acids is 2. The molecule has 9 heteroatoms. The number of hydrogen-bond acceptors (Lipinski definition) is 5. The smallest absolute Gasteiger partial charge is 0.307 e. The van der Waals surface area contributed by atoms with Crippen molar-refractivity contribution in [3.8, 4) is 0 Å². The molecule has 144 valence electrons. The van der Waals surface area contributed by atoms with Crippen molar-refractivity contribution in [1.29, 1.82) is 0 Å². The lowest BCUT2D eigenvalue weighted by Crippen LogP contribution is -2.29. The predicted octanol–water partition coefficient (Wildman–Crippen LogP) is 2.96. The normalized spacial score (nSPS) is 12.4. The van der Waals surface area contributed by atoms with Gasteiger partial charge in [0.15, 0.2) is 6.10 Å². The molecule has 1 atom stereocenters. The zero-order valence-corrected chi connectivity index (χ0v) is 15.9. The minimum absolute atomic E-state index is 0.0140. The Labute approximate surface area is 161 Å². The van der Waals surface area contributed by atoms with E-state index in [0.717, 1.165) is 12.1 Å². The summed E-state index contributed by atoms with van der Waals surface area (Å²) in [5.41, 5.74) is 0.208. The van der Waals surface area contributed by atoms with Crippen LogP contribution in [0.2, 0.25) is 5.02 Å². The standard InChI is InChI=1S/C18H17ClFNO5S/c1-12(18(23)13-2-6-15(20)7-3-13)26-17(22)10-11-21-27(24,25)16-8-4-14(19)5-9-16/h2-9,12,21H,10-11H2,1H3/t12-/m1/s1. The van der Waals surface area contributed by atoms with Gasteiger partial charge in [-0.05, 0) is 55.5 Å². The van der Waals surface area contributed by atoms with E-state index in [1.807, 2.05) is 0 Å². The minimum Gasteiger partial charge on any atom is -0.454 e. The number of rotatable bonds is 8. The molecule has 0 aliphatic carbocycles. The first-order chi connectivity index (χ1) is 12.7. The second-order valence-electron chi connectivity index (χ2n) is 5.60. The number of halogens is 2. The highest BCUT2D eigenvalue weighted by atomic mass is 35.5. The molecule has 0 aliphatic heterocycles. The van der Waals surface area contributed by atoms with Crippen LogP contribution < -0.4 is 4.72 Å². The summed E-state index contributed by atoms with van der Waals surface area (Å²) >= 11 is 5.71. The van der Waals surface area contributed by atoms with E-state index in [1.165, 1.54) is 43.3 Å². The Hall–Kier alpha value is -2.29. The summed E-state index contributed by atoms with van der Waals surface area (Å²) in [4.78, 5) is 24.0. The van der Waals surface area contributed by atoms with Gasteiger partial charge in [0.05, 0.1) is 11.3 Å². The lowest BCUT2D eigenvalue weighted by molar-refractivity contribution is -0.146. The van der Waals surface area contributed by atoms with E-state index in [9.17, 15) is 22.4 Å². The first-order valence-corrected chi connectivity index (χ1v) is 9.79. The van der Waals surface area contributed by atoms with Crippen molar-refractivity contribution in [1.82, 2.24) is 4.72 Å². The zero-order valence-electron chi connectivity index (χ0n) is 14.3. The molecule has 2 aromatic rings. The Kier molecular flexibility index (Phi) is 7.06. The quantitative estimate of drug-likeness (QED) is 0.530. The third-order valence-electron chi connectivity index (χ3n) is 3.55. The van der Waals surface area contributed by atoms with Gasteiger partial charge in [-0.2, -0.15) is 0 Å².